The van der Waals surface area contributed by atoms with E-state index in [0.29, 0.717) is 6.04 Å². The van der Waals surface area contributed by atoms with Crippen LogP contribution in [0.4, 0.5) is 0 Å². The van der Waals surface area contributed by atoms with Crippen molar-refractivity contribution < 1.29 is 0 Å². The molecule has 3 nitrogen and oxygen atoms in total. The molecule has 1 unspecified atom stereocenters. The van der Waals surface area contributed by atoms with E-state index in [1.165, 1.54) is 15.6 Å². The van der Waals surface area contributed by atoms with Crippen LogP contribution in [0, 0.1) is 13.8 Å². The van der Waals surface area contributed by atoms with Gasteiger partial charge in [0.25, 0.3) is 0 Å². The third kappa shape index (κ3) is 2.77. The molecule has 2 rings (SSSR count). The number of rotatable bonds is 2. The van der Waals surface area contributed by atoms with Crippen molar-refractivity contribution >= 4 is 11.3 Å². The first-order valence-corrected chi connectivity index (χ1v) is 6.31. The van der Waals surface area contributed by atoms with Gasteiger partial charge in [0.05, 0.1) is 10.7 Å². The van der Waals surface area contributed by atoms with Crippen LogP contribution in [0.3, 0.4) is 0 Å². The van der Waals surface area contributed by atoms with Gasteiger partial charge in [-0.15, -0.1) is 11.3 Å². The number of hydrogen-bond donors (Lipinski definition) is 1. The number of nitrogens with one attached hydrogen (secondary N) is 1. The topological polar surface area (TPSA) is 28.2 Å². The van der Waals surface area contributed by atoms with Gasteiger partial charge in [-0.05, 0) is 20.9 Å². The molecular formula is C11H19N3S. The van der Waals surface area contributed by atoms with Crippen LogP contribution < -0.4 is 5.32 Å². The monoisotopic (exact) mass is 225 g/mol. The normalized spacial score (nSPS) is 23.3. The van der Waals surface area contributed by atoms with E-state index in [2.05, 4.69) is 36.1 Å². The van der Waals surface area contributed by atoms with E-state index < -0.39 is 0 Å². The summed E-state index contributed by atoms with van der Waals surface area (Å²) in [4.78, 5) is 8.31. The second-order valence-electron chi connectivity index (χ2n) is 4.36. The minimum absolute atomic E-state index is 0.599. The fourth-order valence-electron chi connectivity index (χ4n) is 2.11. The van der Waals surface area contributed by atoms with Gasteiger partial charge >= 0.3 is 0 Å². The number of thiazole rings is 1. The van der Waals surface area contributed by atoms with Crippen molar-refractivity contribution in [1.82, 2.24) is 15.2 Å². The van der Waals surface area contributed by atoms with Gasteiger partial charge in [-0.2, -0.15) is 0 Å². The molecule has 1 atom stereocenters. The van der Waals surface area contributed by atoms with Gasteiger partial charge in [0.15, 0.2) is 0 Å². The molecule has 0 radical (unpaired) electrons. The van der Waals surface area contributed by atoms with Crippen molar-refractivity contribution in [2.45, 2.75) is 26.3 Å². The molecule has 0 aliphatic carbocycles. The summed E-state index contributed by atoms with van der Waals surface area (Å²) in [6, 6.07) is 0.599. The van der Waals surface area contributed by atoms with Gasteiger partial charge in [0.1, 0.15) is 0 Å². The molecule has 1 aliphatic rings. The number of aryl methyl sites for hydroxylation is 2. The molecule has 0 amide bonds. The smallest absolute Gasteiger partial charge is 0.0900 e. The standard InChI is InChI=1S/C11H19N3S/c1-8-11(15-9(2)13-8)6-10-7-14(3)5-4-12-10/h10,12H,4-7H2,1-3H3. The lowest BCUT2D eigenvalue weighted by atomic mass is 10.1. The zero-order valence-corrected chi connectivity index (χ0v) is 10.5. The van der Waals surface area contributed by atoms with Gasteiger partial charge in [0.2, 0.25) is 0 Å². The highest BCUT2D eigenvalue weighted by atomic mass is 32.1. The largest absolute Gasteiger partial charge is 0.311 e. The van der Waals surface area contributed by atoms with E-state index >= 15 is 0 Å². The van der Waals surface area contributed by atoms with Gasteiger partial charge in [-0.3, -0.25) is 0 Å². The molecule has 1 aliphatic heterocycles. The van der Waals surface area contributed by atoms with E-state index in [4.69, 9.17) is 0 Å². The summed E-state index contributed by atoms with van der Waals surface area (Å²) >= 11 is 1.84. The third-order valence-electron chi connectivity index (χ3n) is 2.89. The molecule has 1 saturated heterocycles. The highest BCUT2D eigenvalue weighted by Gasteiger charge is 2.18. The molecule has 0 saturated carbocycles. The van der Waals surface area contributed by atoms with Crippen LogP contribution in [0.15, 0.2) is 0 Å². The zero-order chi connectivity index (χ0) is 10.8. The van der Waals surface area contributed by atoms with E-state index in [0.717, 1.165) is 26.1 Å². The lowest BCUT2D eigenvalue weighted by Crippen LogP contribution is -2.49. The Labute approximate surface area is 95.5 Å². The van der Waals surface area contributed by atoms with Gasteiger partial charge in [0, 0.05) is 37.0 Å². The Morgan fingerprint density at radius 2 is 2.33 bits per heavy atom. The molecule has 1 fully saturated rings. The van der Waals surface area contributed by atoms with Crippen molar-refractivity contribution in [3.63, 3.8) is 0 Å². The predicted molar refractivity (Wildman–Crippen MR) is 64.6 cm³/mol. The lowest BCUT2D eigenvalue weighted by Gasteiger charge is -2.30. The average Bonchev–Trinajstić information content (AvgIpc) is 2.45. The van der Waals surface area contributed by atoms with Crippen LogP contribution in [0.1, 0.15) is 15.6 Å². The summed E-state index contributed by atoms with van der Waals surface area (Å²) in [5.41, 5.74) is 1.22. The fourth-order valence-corrected chi connectivity index (χ4v) is 3.13. The summed E-state index contributed by atoms with van der Waals surface area (Å²) in [6.45, 7) is 7.62. The second kappa shape index (κ2) is 4.60. The average molecular weight is 225 g/mol. The predicted octanol–water partition coefficient (Wildman–Crippen LogP) is 1.21. The molecule has 0 bridgehead atoms. The Hall–Kier alpha value is -0.450. The first kappa shape index (κ1) is 11.0. The molecule has 2 heterocycles. The molecule has 15 heavy (non-hydrogen) atoms. The first-order valence-electron chi connectivity index (χ1n) is 5.50. The Morgan fingerprint density at radius 1 is 1.53 bits per heavy atom. The van der Waals surface area contributed by atoms with Crippen molar-refractivity contribution in [2.75, 3.05) is 26.7 Å². The highest BCUT2D eigenvalue weighted by molar-refractivity contribution is 7.11. The highest BCUT2D eigenvalue weighted by Crippen LogP contribution is 2.19. The van der Waals surface area contributed by atoms with Crippen LogP contribution in [0.25, 0.3) is 0 Å². The van der Waals surface area contributed by atoms with E-state index in [9.17, 15) is 0 Å². The Kier molecular flexibility index (Phi) is 3.38. The number of nitrogens with zero attached hydrogens (tertiary/aromatic N) is 2. The molecule has 0 aromatic carbocycles. The summed E-state index contributed by atoms with van der Waals surface area (Å²) in [5, 5.41) is 4.76. The maximum atomic E-state index is 4.47. The molecule has 84 valence electrons. The summed E-state index contributed by atoms with van der Waals surface area (Å²) in [7, 11) is 2.19. The molecule has 1 aromatic rings. The number of piperazine rings is 1. The molecule has 4 heteroatoms. The number of aromatic nitrogens is 1. The Balaban J connectivity index is 1.99. The summed E-state index contributed by atoms with van der Waals surface area (Å²) in [5.74, 6) is 0. The quantitative estimate of drug-likeness (QED) is 0.820. The summed E-state index contributed by atoms with van der Waals surface area (Å²) < 4.78 is 0. The molecule has 1 N–H and O–H groups in total. The Morgan fingerprint density at radius 3 is 2.93 bits per heavy atom. The van der Waals surface area contributed by atoms with Gasteiger partial charge < -0.3 is 10.2 Å². The second-order valence-corrected chi connectivity index (χ2v) is 5.65. The van der Waals surface area contributed by atoms with Gasteiger partial charge in [-0.1, -0.05) is 0 Å². The minimum atomic E-state index is 0.599. The van der Waals surface area contributed by atoms with Crippen molar-refractivity contribution in [2.24, 2.45) is 0 Å². The van der Waals surface area contributed by atoms with E-state index in [-0.39, 0.29) is 0 Å². The van der Waals surface area contributed by atoms with Crippen molar-refractivity contribution in [1.29, 1.82) is 0 Å². The zero-order valence-electron chi connectivity index (χ0n) is 9.71. The van der Waals surface area contributed by atoms with E-state index in [1.54, 1.807) is 0 Å². The van der Waals surface area contributed by atoms with Crippen LogP contribution in [0.5, 0.6) is 0 Å². The maximum Gasteiger partial charge on any atom is 0.0900 e. The number of likely N-dealkylation sites (N-methyl/N-ethyl adjacent to an activating group) is 1. The maximum absolute atomic E-state index is 4.47. The molecular weight excluding hydrogens is 206 g/mol. The number of hydrogen-bond acceptors (Lipinski definition) is 4. The van der Waals surface area contributed by atoms with Gasteiger partial charge in [-0.25, -0.2) is 4.98 Å². The lowest BCUT2D eigenvalue weighted by molar-refractivity contribution is 0.238. The van der Waals surface area contributed by atoms with Crippen LogP contribution in [-0.2, 0) is 6.42 Å². The molecule has 0 spiro atoms. The fraction of sp³-hybridized carbons (Fsp3) is 0.727. The molecule has 1 aromatic heterocycles. The van der Waals surface area contributed by atoms with Crippen LogP contribution >= 0.6 is 11.3 Å². The minimum Gasteiger partial charge on any atom is -0.311 e. The SMILES string of the molecule is Cc1nc(C)c(CC2CN(C)CCN2)s1. The van der Waals surface area contributed by atoms with Crippen molar-refractivity contribution in [3.05, 3.63) is 15.6 Å². The Bertz CT molecular complexity index is 335. The van der Waals surface area contributed by atoms with Crippen LogP contribution in [0.2, 0.25) is 0 Å². The van der Waals surface area contributed by atoms with Crippen LogP contribution in [-0.4, -0.2) is 42.6 Å². The third-order valence-corrected chi connectivity index (χ3v) is 3.99. The first-order chi connectivity index (χ1) is 7.15. The van der Waals surface area contributed by atoms with Crippen molar-refractivity contribution in [3.8, 4) is 0 Å². The van der Waals surface area contributed by atoms with E-state index in [1.807, 2.05) is 11.3 Å². The summed E-state index contributed by atoms with van der Waals surface area (Å²) in [6.07, 6.45) is 1.13.